The van der Waals surface area contributed by atoms with Gasteiger partial charge in [-0.25, -0.2) is 0 Å². The third-order valence-electron chi connectivity index (χ3n) is 6.20. The number of aliphatic hydroxyl groups is 1. The Morgan fingerprint density at radius 2 is 2.00 bits per heavy atom. The number of nitrogens with one attached hydrogen (secondary N) is 1. The molecule has 2 aromatic rings. The monoisotopic (exact) mass is 342 g/mol. The third kappa shape index (κ3) is 2.79. The number of hydrogen-bond acceptors (Lipinski definition) is 6. The van der Waals surface area contributed by atoms with Crippen LogP contribution in [0.15, 0.2) is 12.1 Å². The normalized spacial score (nSPS) is 23.3. The fourth-order valence-electron chi connectivity index (χ4n) is 4.04. The molecule has 0 bridgehead atoms. The van der Waals surface area contributed by atoms with Gasteiger partial charge in [-0.1, -0.05) is 6.42 Å². The quantitative estimate of drug-likeness (QED) is 0.825. The molecule has 3 heterocycles. The summed E-state index contributed by atoms with van der Waals surface area (Å²) in [5.41, 5.74) is 0.417. The van der Waals surface area contributed by atoms with E-state index in [4.69, 9.17) is 5.10 Å². The van der Waals surface area contributed by atoms with Crippen LogP contribution in [0.2, 0.25) is 0 Å². The molecule has 5 rings (SSSR count). The van der Waals surface area contributed by atoms with Crippen LogP contribution in [0, 0.1) is 5.92 Å². The highest BCUT2D eigenvalue weighted by atomic mass is 16.3. The lowest BCUT2D eigenvalue weighted by Gasteiger charge is -2.42. The highest BCUT2D eigenvalue weighted by Crippen LogP contribution is 2.35. The van der Waals surface area contributed by atoms with Gasteiger partial charge >= 0.3 is 0 Å². The topological polar surface area (TPSA) is 78.6 Å². The van der Waals surface area contributed by atoms with E-state index in [-0.39, 0.29) is 0 Å². The molecule has 1 aliphatic heterocycles. The first-order valence-electron chi connectivity index (χ1n) is 9.61. The van der Waals surface area contributed by atoms with Crippen LogP contribution >= 0.6 is 0 Å². The summed E-state index contributed by atoms with van der Waals surface area (Å²) in [5, 5.41) is 27.0. The first-order valence-corrected chi connectivity index (χ1v) is 9.61. The van der Waals surface area contributed by atoms with E-state index in [1.54, 1.807) is 0 Å². The molecular formula is C18H26N6O. The Balaban J connectivity index is 1.18. The molecule has 0 spiro atoms. The van der Waals surface area contributed by atoms with E-state index >= 15 is 0 Å². The molecule has 0 aromatic carbocycles. The Morgan fingerprint density at radius 3 is 2.68 bits per heavy atom. The van der Waals surface area contributed by atoms with Crippen molar-refractivity contribution < 1.29 is 5.11 Å². The predicted molar refractivity (Wildman–Crippen MR) is 94.7 cm³/mol. The molecule has 25 heavy (non-hydrogen) atoms. The summed E-state index contributed by atoms with van der Waals surface area (Å²) in [6, 6.07) is 4.07. The van der Waals surface area contributed by atoms with Crippen molar-refractivity contribution in [2.75, 3.05) is 31.1 Å². The Morgan fingerprint density at radius 1 is 1.16 bits per heavy atom. The van der Waals surface area contributed by atoms with Crippen molar-refractivity contribution in [3.05, 3.63) is 18.0 Å². The van der Waals surface area contributed by atoms with Gasteiger partial charge in [0.1, 0.15) is 5.82 Å². The molecule has 1 saturated heterocycles. The summed E-state index contributed by atoms with van der Waals surface area (Å²) in [6.45, 7) is 3.75. The number of hydrogen-bond donors (Lipinski definition) is 2. The third-order valence-corrected chi connectivity index (χ3v) is 6.20. The highest BCUT2D eigenvalue weighted by molar-refractivity contribution is 5.47. The van der Waals surface area contributed by atoms with E-state index in [0.29, 0.717) is 11.8 Å². The van der Waals surface area contributed by atoms with Crippen LogP contribution in [0.3, 0.4) is 0 Å². The molecule has 2 aliphatic carbocycles. The van der Waals surface area contributed by atoms with Crippen molar-refractivity contribution in [3.63, 3.8) is 0 Å². The van der Waals surface area contributed by atoms with E-state index in [1.807, 2.05) is 10.6 Å². The lowest BCUT2D eigenvalue weighted by atomic mass is 9.80. The van der Waals surface area contributed by atoms with Crippen molar-refractivity contribution in [1.82, 2.24) is 25.1 Å². The van der Waals surface area contributed by atoms with E-state index in [2.05, 4.69) is 26.5 Å². The van der Waals surface area contributed by atoms with Crippen molar-refractivity contribution in [1.29, 1.82) is 0 Å². The summed E-state index contributed by atoms with van der Waals surface area (Å²) in [7, 11) is 0. The van der Waals surface area contributed by atoms with Gasteiger partial charge in [0.05, 0.1) is 5.60 Å². The molecular weight excluding hydrogens is 316 g/mol. The van der Waals surface area contributed by atoms with Gasteiger partial charge in [-0.15, -0.1) is 15.3 Å². The second kappa shape index (κ2) is 5.92. The van der Waals surface area contributed by atoms with Crippen molar-refractivity contribution in [2.24, 2.45) is 5.92 Å². The second-order valence-electron chi connectivity index (χ2n) is 8.13. The highest BCUT2D eigenvalue weighted by Gasteiger charge is 2.35. The summed E-state index contributed by atoms with van der Waals surface area (Å²) in [5.74, 6) is 3.20. The average Bonchev–Trinajstić information content (AvgIpc) is 2.89. The minimum atomic E-state index is -0.428. The zero-order chi connectivity index (χ0) is 16.9. The van der Waals surface area contributed by atoms with Gasteiger partial charge in [0.25, 0.3) is 0 Å². The van der Waals surface area contributed by atoms with Crippen molar-refractivity contribution >= 4 is 11.5 Å². The van der Waals surface area contributed by atoms with Crippen LogP contribution in [-0.2, 0) is 0 Å². The first-order chi connectivity index (χ1) is 12.2. The Labute approximate surface area is 147 Å². The SMILES string of the molecule is OC1(CNCC2CN(c3ccc4nnc(C5CCC5)n4n3)C2)CCC1. The van der Waals surface area contributed by atoms with Crippen LogP contribution in [0.1, 0.15) is 50.3 Å². The second-order valence-corrected chi connectivity index (χ2v) is 8.13. The zero-order valence-corrected chi connectivity index (χ0v) is 14.6. The lowest BCUT2D eigenvalue weighted by molar-refractivity contribution is -0.0318. The molecule has 7 heteroatoms. The van der Waals surface area contributed by atoms with E-state index < -0.39 is 5.60 Å². The lowest BCUT2D eigenvalue weighted by Crippen LogP contribution is -2.54. The molecule has 3 aliphatic rings. The Bertz CT molecular complexity index is 760. The van der Waals surface area contributed by atoms with Gasteiger partial charge in [0.2, 0.25) is 0 Å². The van der Waals surface area contributed by atoms with Gasteiger partial charge in [0, 0.05) is 38.0 Å². The first kappa shape index (κ1) is 15.5. The van der Waals surface area contributed by atoms with E-state index in [9.17, 15) is 5.11 Å². The average molecular weight is 342 g/mol. The largest absolute Gasteiger partial charge is 0.389 e. The molecule has 0 amide bonds. The maximum atomic E-state index is 10.1. The minimum absolute atomic E-state index is 0.428. The van der Waals surface area contributed by atoms with Gasteiger partial charge in [0.15, 0.2) is 11.5 Å². The van der Waals surface area contributed by atoms with Crippen LogP contribution < -0.4 is 10.2 Å². The summed E-state index contributed by atoms with van der Waals surface area (Å²) >= 11 is 0. The molecule has 134 valence electrons. The maximum Gasteiger partial charge on any atom is 0.178 e. The molecule has 0 radical (unpaired) electrons. The molecule has 2 aromatic heterocycles. The van der Waals surface area contributed by atoms with E-state index in [0.717, 1.165) is 62.7 Å². The number of fused-ring (bicyclic) bond motifs is 1. The fourth-order valence-corrected chi connectivity index (χ4v) is 4.04. The van der Waals surface area contributed by atoms with Crippen molar-refractivity contribution in [2.45, 2.75) is 50.0 Å². The Kier molecular flexibility index (Phi) is 3.67. The van der Waals surface area contributed by atoms with Gasteiger partial charge < -0.3 is 15.3 Å². The maximum absolute atomic E-state index is 10.1. The van der Waals surface area contributed by atoms with Crippen molar-refractivity contribution in [3.8, 4) is 0 Å². The molecule has 2 saturated carbocycles. The summed E-state index contributed by atoms with van der Waals surface area (Å²) in [4.78, 5) is 2.31. The van der Waals surface area contributed by atoms with Gasteiger partial charge in [-0.3, -0.25) is 0 Å². The molecule has 0 unspecified atom stereocenters. The molecule has 0 atom stereocenters. The summed E-state index contributed by atoms with van der Waals surface area (Å²) < 4.78 is 1.94. The molecule has 7 nitrogen and oxygen atoms in total. The van der Waals surface area contributed by atoms with Gasteiger partial charge in [-0.05, 0) is 44.2 Å². The van der Waals surface area contributed by atoms with E-state index in [1.165, 1.54) is 19.3 Å². The number of aromatic nitrogens is 4. The van der Waals surface area contributed by atoms with Crippen LogP contribution in [-0.4, -0.2) is 56.7 Å². The van der Waals surface area contributed by atoms with Crippen LogP contribution in [0.4, 0.5) is 5.82 Å². The molecule has 2 N–H and O–H groups in total. The number of rotatable bonds is 6. The molecule has 3 fully saturated rings. The standard InChI is InChI=1S/C18H26N6O/c25-18(7-2-8-18)12-19-9-13-10-23(11-13)16-6-5-15-20-21-17(24(15)22-16)14-3-1-4-14/h5-6,13-14,19,25H,1-4,7-12H2. The smallest absolute Gasteiger partial charge is 0.178 e. The number of anilines is 1. The Hall–Kier alpha value is -1.73. The minimum Gasteiger partial charge on any atom is -0.389 e. The van der Waals surface area contributed by atoms with Crippen LogP contribution in [0.25, 0.3) is 5.65 Å². The zero-order valence-electron chi connectivity index (χ0n) is 14.6. The number of nitrogens with zero attached hydrogens (tertiary/aromatic N) is 5. The fraction of sp³-hybridized carbons (Fsp3) is 0.722. The summed E-state index contributed by atoms with van der Waals surface area (Å²) in [6.07, 6.45) is 6.75. The van der Waals surface area contributed by atoms with Crippen LogP contribution in [0.5, 0.6) is 0 Å². The van der Waals surface area contributed by atoms with Gasteiger partial charge in [-0.2, -0.15) is 4.52 Å². The predicted octanol–water partition coefficient (Wildman–Crippen LogP) is 1.33.